The van der Waals surface area contributed by atoms with Crippen LogP contribution in [0.1, 0.15) is 19.0 Å². The molecule has 1 heterocycles. The zero-order valence-corrected chi connectivity index (χ0v) is 17.0. The molecule has 0 aromatic carbocycles. The molecule has 0 spiro atoms. The van der Waals surface area contributed by atoms with E-state index in [-0.39, 0.29) is 29.9 Å². The Kier molecular flexibility index (Phi) is 12.8. The monoisotopic (exact) mass is 451 g/mol. The molecule has 1 aromatic heterocycles. The van der Waals surface area contributed by atoms with Crippen molar-refractivity contribution in [2.75, 3.05) is 37.0 Å². The lowest BCUT2D eigenvalue weighted by Gasteiger charge is -2.11. The van der Waals surface area contributed by atoms with Gasteiger partial charge in [-0.3, -0.25) is 9.79 Å². The van der Waals surface area contributed by atoms with E-state index in [0.717, 1.165) is 30.5 Å². The normalized spacial score (nSPS) is 10.7. The SMILES string of the molecule is CCNC(=NCCSC)NCCC(=O)Nc1cccc(C)n1.I. The number of anilines is 1. The Morgan fingerprint density at radius 3 is 2.78 bits per heavy atom. The van der Waals surface area contributed by atoms with Crippen molar-refractivity contribution in [2.24, 2.45) is 4.99 Å². The van der Waals surface area contributed by atoms with Gasteiger partial charge in [0, 0.05) is 31.0 Å². The highest BCUT2D eigenvalue weighted by molar-refractivity contribution is 14.0. The number of pyridine rings is 1. The molecule has 0 saturated heterocycles. The number of nitrogens with zero attached hydrogens (tertiary/aromatic N) is 2. The number of hydrogen-bond acceptors (Lipinski definition) is 4. The van der Waals surface area contributed by atoms with E-state index in [4.69, 9.17) is 0 Å². The number of hydrogen-bond donors (Lipinski definition) is 3. The molecule has 0 unspecified atom stereocenters. The van der Waals surface area contributed by atoms with Crippen molar-refractivity contribution in [3.63, 3.8) is 0 Å². The van der Waals surface area contributed by atoms with Crippen molar-refractivity contribution >= 4 is 53.4 Å². The summed E-state index contributed by atoms with van der Waals surface area (Å²) in [5, 5.41) is 9.10. The average molecular weight is 451 g/mol. The minimum Gasteiger partial charge on any atom is -0.357 e. The predicted molar refractivity (Wildman–Crippen MR) is 110 cm³/mol. The summed E-state index contributed by atoms with van der Waals surface area (Å²) in [6.45, 7) is 6.00. The van der Waals surface area contributed by atoms with E-state index in [1.165, 1.54) is 0 Å². The van der Waals surface area contributed by atoms with Crippen molar-refractivity contribution in [3.8, 4) is 0 Å². The van der Waals surface area contributed by atoms with Crippen molar-refractivity contribution < 1.29 is 4.79 Å². The summed E-state index contributed by atoms with van der Waals surface area (Å²) in [7, 11) is 0. The standard InChI is InChI=1S/C15H25N5OS.HI/c1-4-16-15(18-10-11-22-3)17-9-8-14(21)20-13-7-5-6-12(2)19-13;/h5-7H,4,8-11H2,1-3H3,(H2,16,17,18)(H,19,20,21);1H. The minimum atomic E-state index is -0.0643. The van der Waals surface area contributed by atoms with E-state index in [9.17, 15) is 4.79 Å². The zero-order chi connectivity index (χ0) is 16.2. The lowest BCUT2D eigenvalue weighted by Crippen LogP contribution is -2.38. The molecule has 0 aliphatic rings. The van der Waals surface area contributed by atoms with Gasteiger partial charge in [-0.1, -0.05) is 6.07 Å². The number of aromatic nitrogens is 1. The average Bonchev–Trinajstić information content (AvgIpc) is 2.47. The second-order valence-corrected chi connectivity index (χ2v) is 5.63. The Morgan fingerprint density at radius 2 is 2.13 bits per heavy atom. The molecule has 0 radical (unpaired) electrons. The largest absolute Gasteiger partial charge is 0.357 e. The van der Waals surface area contributed by atoms with Gasteiger partial charge in [-0.25, -0.2) is 4.98 Å². The fraction of sp³-hybridized carbons (Fsp3) is 0.533. The summed E-state index contributed by atoms with van der Waals surface area (Å²) < 4.78 is 0. The van der Waals surface area contributed by atoms with E-state index < -0.39 is 0 Å². The van der Waals surface area contributed by atoms with Gasteiger partial charge in [0.2, 0.25) is 5.91 Å². The zero-order valence-electron chi connectivity index (χ0n) is 13.9. The summed E-state index contributed by atoms with van der Waals surface area (Å²) >= 11 is 1.76. The molecule has 1 amide bonds. The number of carbonyl (C=O) groups excluding carboxylic acids is 1. The molecular formula is C15H26IN5OS. The van der Waals surface area contributed by atoms with Crippen LogP contribution in [0, 0.1) is 6.92 Å². The molecule has 8 heteroatoms. The number of aliphatic imine (C=N–C) groups is 1. The smallest absolute Gasteiger partial charge is 0.227 e. The number of amides is 1. The highest BCUT2D eigenvalue weighted by atomic mass is 127. The van der Waals surface area contributed by atoms with Gasteiger partial charge >= 0.3 is 0 Å². The summed E-state index contributed by atoms with van der Waals surface area (Å²) in [6, 6.07) is 5.55. The third kappa shape index (κ3) is 10.4. The highest BCUT2D eigenvalue weighted by Gasteiger charge is 2.04. The maximum Gasteiger partial charge on any atom is 0.227 e. The van der Waals surface area contributed by atoms with E-state index in [0.29, 0.717) is 18.8 Å². The van der Waals surface area contributed by atoms with Gasteiger partial charge in [0.25, 0.3) is 0 Å². The number of aryl methyl sites for hydroxylation is 1. The first-order valence-electron chi connectivity index (χ1n) is 7.40. The van der Waals surface area contributed by atoms with Crippen LogP contribution >= 0.6 is 35.7 Å². The van der Waals surface area contributed by atoms with Crippen LogP contribution in [0.15, 0.2) is 23.2 Å². The van der Waals surface area contributed by atoms with Gasteiger partial charge in [0.05, 0.1) is 6.54 Å². The third-order valence-electron chi connectivity index (χ3n) is 2.71. The minimum absolute atomic E-state index is 0. The van der Waals surface area contributed by atoms with Gasteiger partial charge in [-0.2, -0.15) is 11.8 Å². The molecule has 130 valence electrons. The number of halogens is 1. The Morgan fingerprint density at radius 1 is 1.35 bits per heavy atom. The van der Waals surface area contributed by atoms with E-state index in [1.54, 1.807) is 17.8 Å². The lowest BCUT2D eigenvalue weighted by atomic mass is 10.3. The van der Waals surface area contributed by atoms with Gasteiger partial charge in [0.15, 0.2) is 5.96 Å². The lowest BCUT2D eigenvalue weighted by molar-refractivity contribution is -0.116. The number of carbonyl (C=O) groups is 1. The van der Waals surface area contributed by atoms with Crippen molar-refractivity contribution in [2.45, 2.75) is 20.3 Å². The first-order valence-corrected chi connectivity index (χ1v) is 8.79. The van der Waals surface area contributed by atoms with Crippen molar-refractivity contribution in [1.29, 1.82) is 0 Å². The molecule has 1 aromatic rings. The summed E-state index contributed by atoms with van der Waals surface area (Å²) in [4.78, 5) is 20.5. The fourth-order valence-corrected chi connectivity index (χ4v) is 1.98. The third-order valence-corrected chi connectivity index (χ3v) is 3.30. The molecule has 23 heavy (non-hydrogen) atoms. The van der Waals surface area contributed by atoms with Gasteiger partial charge in [-0.05, 0) is 32.2 Å². The molecule has 6 nitrogen and oxygen atoms in total. The number of guanidine groups is 1. The van der Waals surface area contributed by atoms with Crippen LogP contribution < -0.4 is 16.0 Å². The summed E-state index contributed by atoms with van der Waals surface area (Å²) in [5.74, 6) is 2.25. The molecule has 0 aliphatic carbocycles. The topological polar surface area (TPSA) is 78.4 Å². The number of nitrogens with one attached hydrogen (secondary N) is 3. The van der Waals surface area contributed by atoms with Crippen LogP contribution in [0.4, 0.5) is 5.82 Å². The molecule has 0 saturated carbocycles. The van der Waals surface area contributed by atoms with E-state index in [1.807, 2.05) is 26.0 Å². The molecule has 3 N–H and O–H groups in total. The van der Waals surface area contributed by atoms with Crippen molar-refractivity contribution in [3.05, 3.63) is 23.9 Å². The summed E-state index contributed by atoms with van der Waals surface area (Å²) in [6.07, 6.45) is 2.42. The maximum absolute atomic E-state index is 11.9. The molecule has 0 bridgehead atoms. The second kappa shape index (κ2) is 13.4. The van der Waals surface area contributed by atoms with Crippen LogP contribution in [-0.4, -0.2) is 48.5 Å². The van der Waals surface area contributed by atoms with Gasteiger partial charge in [-0.15, -0.1) is 24.0 Å². The number of thioether (sulfide) groups is 1. The van der Waals surface area contributed by atoms with Gasteiger partial charge in [0.1, 0.15) is 5.82 Å². The quantitative estimate of drug-likeness (QED) is 0.245. The van der Waals surface area contributed by atoms with E-state index >= 15 is 0 Å². The second-order valence-electron chi connectivity index (χ2n) is 4.64. The van der Waals surface area contributed by atoms with Crippen LogP contribution in [0.3, 0.4) is 0 Å². The molecule has 0 aliphatic heterocycles. The van der Waals surface area contributed by atoms with Crippen LogP contribution in [0.2, 0.25) is 0 Å². The molecular weight excluding hydrogens is 425 g/mol. The highest BCUT2D eigenvalue weighted by Crippen LogP contribution is 2.03. The Labute approximate surface area is 159 Å². The van der Waals surface area contributed by atoms with Crippen molar-refractivity contribution in [1.82, 2.24) is 15.6 Å². The maximum atomic E-state index is 11.9. The molecule has 0 atom stereocenters. The molecule has 0 fully saturated rings. The van der Waals surface area contributed by atoms with Crippen LogP contribution in [0.25, 0.3) is 0 Å². The fourth-order valence-electron chi connectivity index (χ4n) is 1.70. The Balaban J connectivity index is 0.00000484. The number of rotatable bonds is 8. The van der Waals surface area contributed by atoms with E-state index in [2.05, 4.69) is 32.2 Å². The summed E-state index contributed by atoms with van der Waals surface area (Å²) in [5.41, 5.74) is 0.881. The Bertz CT molecular complexity index is 499. The first kappa shape index (κ1) is 22.0. The van der Waals surface area contributed by atoms with Crippen LogP contribution in [-0.2, 0) is 4.79 Å². The first-order chi connectivity index (χ1) is 10.7. The Hall–Kier alpha value is -1.03. The molecule has 1 rings (SSSR count). The predicted octanol–water partition coefficient (Wildman–Crippen LogP) is 2.25. The van der Waals surface area contributed by atoms with Crippen LogP contribution in [0.5, 0.6) is 0 Å². The van der Waals surface area contributed by atoms with Gasteiger partial charge < -0.3 is 16.0 Å².